The average Bonchev–Trinajstić information content (AvgIpc) is 2.46. The maximum absolute atomic E-state index is 11.9. The summed E-state index contributed by atoms with van der Waals surface area (Å²) < 4.78 is 0. The number of aromatic carboxylic acids is 1. The molecule has 0 saturated carbocycles. The highest BCUT2D eigenvalue weighted by Gasteiger charge is 2.09. The van der Waals surface area contributed by atoms with Crippen LogP contribution in [0.2, 0.25) is 0 Å². The number of carbonyl (C=O) groups excluding carboxylic acids is 1. The van der Waals surface area contributed by atoms with Crippen LogP contribution in [0.25, 0.3) is 6.08 Å². The minimum absolute atomic E-state index is 0.0696. The zero-order valence-corrected chi connectivity index (χ0v) is 10.9. The third kappa shape index (κ3) is 3.48. The van der Waals surface area contributed by atoms with Gasteiger partial charge in [0.2, 0.25) is 0 Å². The number of phenolic OH excluding ortho intramolecular Hbond substituents is 1. The first-order valence-corrected chi connectivity index (χ1v) is 6.05. The monoisotopic (exact) mass is 284 g/mol. The number of aromatic hydroxyl groups is 2. The van der Waals surface area contributed by atoms with Crippen molar-refractivity contribution >= 4 is 17.8 Å². The van der Waals surface area contributed by atoms with Crippen LogP contribution in [-0.4, -0.2) is 27.1 Å². The van der Waals surface area contributed by atoms with Gasteiger partial charge in [0.1, 0.15) is 17.1 Å². The van der Waals surface area contributed by atoms with Gasteiger partial charge >= 0.3 is 5.97 Å². The zero-order chi connectivity index (χ0) is 15.4. The summed E-state index contributed by atoms with van der Waals surface area (Å²) in [4.78, 5) is 22.8. The molecule has 2 aromatic rings. The Balaban J connectivity index is 2.21. The third-order valence-electron chi connectivity index (χ3n) is 2.83. The zero-order valence-electron chi connectivity index (χ0n) is 10.9. The predicted octanol–water partition coefficient (Wildman–Crippen LogP) is 2.69. The van der Waals surface area contributed by atoms with Gasteiger partial charge in [-0.3, -0.25) is 4.79 Å². The molecule has 3 N–H and O–H groups in total. The second kappa shape index (κ2) is 5.92. The molecule has 0 aromatic heterocycles. The van der Waals surface area contributed by atoms with Crippen LogP contribution in [0.3, 0.4) is 0 Å². The van der Waals surface area contributed by atoms with Gasteiger partial charge in [-0.1, -0.05) is 12.1 Å². The van der Waals surface area contributed by atoms with Crippen LogP contribution in [0, 0.1) is 0 Å². The summed E-state index contributed by atoms with van der Waals surface area (Å²) >= 11 is 0. The summed E-state index contributed by atoms with van der Waals surface area (Å²) in [5, 5.41) is 27.4. The Morgan fingerprint density at radius 1 is 0.952 bits per heavy atom. The van der Waals surface area contributed by atoms with Gasteiger partial charge in [-0.05, 0) is 48.0 Å². The van der Waals surface area contributed by atoms with Crippen molar-refractivity contribution in [3.8, 4) is 11.5 Å². The highest BCUT2D eigenvalue weighted by atomic mass is 16.4. The lowest BCUT2D eigenvalue weighted by atomic mass is 10.1. The van der Waals surface area contributed by atoms with Crippen molar-refractivity contribution in [1.29, 1.82) is 0 Å². The average molecular weight is 284 g/mol. The van der Waals surface area contributed by atoms with Crippen molar-refractivity contribution in [2.24, 2.45) is 0 Å². The Kier molecular flexibility index (Phi) is 4.04. The number of carboxylic acid groups (broad SMARTS) is 1. The SMILES string of the molecule is O=C(/C=C/c1ccc(O)c(C(=O)O)c1)c1ccc(O)cc1. The van der Waals surface area contributed by atoms with Crippen molar-refractivity contribution in [1.82, 2.24) is 0 Å². The Labute approximate surface area is 120 Å². The summed E-state index contributed by atoms with van der Waals surface area (Å²) in [5.74, 6) is -1.78. The molecular formula is C16H12O5. The van der Waals surface area contributed by atoms with Crippen LogP contribution in [0.5, 0.6) is 11.5 Å². The minimum atomic E-state index is -1.24. The number of allylic oxidation sites excluding steroid dienone is 1. The minimum Gasteiger partial charge on any atom is -0.508 e. The van der Waals surface area contributed by atoms with Gasteiger partial charge in [0.15, 0.2) is 5.78 Å². The molecule has 2 rings (SSSR count). The molecule has 0 unspecified atom stereocenters. The maximum atomic E-state index is 11.9. The van der Waals surface area contributed by atoms with E-state index in [9.17, 15) is 14.7 Å². The summed E-state index contributed by atoms with van der Waals surface area (Å²) in [5.41, 5.74) is 0.660. The second-order valence-corrected chi connectivity index (χ2v) is 4.33. The first-order chi connectivity index (χ1) is 9.97. The molecule has 5 heteroatoms. The van der Waals surface area contributed by atoms with Crippen LogP contribution < -0.4 is 0 Å². The summed E-state index contributed by atoms with van der Waals surface area (Å²) in [6.07, 6.45) is 2.76. The first-order valence-electron chi connectivity index (χ1n) is 6.05. The third-order valence-corrected chi connectivity index (χ3v) is 2.83. The van der Waals surface area contributed by atoms with Gasteiger partial charge in [0, 0.05) is 5.56 Å². The molecule has 0 radical (unpaired) electrons. The molecule has 2 aromatic carbocycles. The van der Waals surface area contributed by atoms with Crippen molar-refractivity contribution in [2.75, 3.05) is 0 Å². The Bertz CT molecular complexity index is 714. The smallest absolute Gasteiger partial charge is 0.339 e. The molecule has 106 valence electrons. The molecule has 21 heavy (non-hydrogen) atoms. The molecule has 0 amide bonds. The fraction of sp³-hybridized carbons (Fsp3) is 0. The molecular weight excluding hydrogens is 272 g/mol. The molecule has 0 aliphatic rings. The largest absolute Gasteiger partial charge is 0.508 e. The lowest BCUT2D eigenvalue weighted by Gasteiger charge is -2.01. The van der Waals surface area contributed by atoms with Gasteiger partial charge in [-0.2, -0.15) is 0 Å². The lowest BCUT2D eigenvalue weighted by Crippen LogP contribution is -1.97. The number of hydrogen-bond acceptors (Lipinski definition) is 4. The lowest BCUT2D eigenvalue weighted by molar-refractivity contribution is 0.0693. The standard InChI is InChI=1S/C16H12O5/c17-12-5-3-11(4-6-12)14(18)7-1-10-2-8-15(19)13(9-10)16(20)21/h1-9,17,19H,(H,20,21)/b7-1+. The van der Waals surface area contributed by atoms with Gasteiger partial charge in [-0.15, -0.1) is 0 Å². The van der Waals surface area contributed by atoms with Gasteiger partial charge in [0.05, 0.1) is 0 Å². The second-order valence-electron chi connectivity index (χ2n) is 4.33. The Hall–Kier alpha value is -3.08. The number of carbonyl (C=O) groups is 2. The Morgan fingerprint density at radius 2 is 1.62 bits per heavy atom. The number of carboxylic acids is 1. The van der Waals surface area contributed by atoms with E-state index in [1.54, 1.807) is 0 Å². The van der Waals surface area contributed by atoms with E-state index in [2.05, 4.69) is 0 Å². The highest BCUT2D eigenvalue weighted by Crippen LogP contribution is 2.19. The van der Waals surface area contributed by atoms with E-state index in [4.69, 9.17) is 10.2 Å². The number of ketones is 1. The summed E-state index contributed by atoms with van der Waals surface area (Å²) in [6.45, 7) is 0. The molecule has 0 saturated heterocycles. The first kappa shape index (κ1) is 14.3. The van der Waals surface area contributed by atoms with Crippen LogP contribution in [0.4, 0.5) is 0 Å². The van der Waals surface area contributed by atoms with E-state index in [0.717, 1.165) is 0 Å². The van der Waals surface area contributed by atoms with E-state index in [0.29, 0.717) is 11.1 Å². The topological polar surface area (TPSA) is 94.8 Å². The fourth-order valence-electron chi connectivity index (χ4n) is 1.72. The van der Waals surface area contributed by atoms with Crippen molar-refractivity contribution in [3.63, 3.8) is 0 Å². The van der Waals surface area contributed by atoms with E-state index >= 15 is 0 Å². The van der Waals surface area contributed by atoms with Crippen molar-refractivity contribution < 1.29 is 24.9 Å². The molecule has 0 bridgehead atoms. The van der Waals surface area contributed by atoms with Gasteiger partial charge in [0.25, 0.3) is 0 Å². The molecule has 0 heterocycles. The van der Waals surface area contributed by atoms with Gasteiger partial charge in [-0.25, -0.2) is 4.79 Å². The molecule has 0 fully saturated rings. The van der Waals surface area contributed by atoms with Crippen molar-refractivity contribution in [3.05, 3.63) is 65.2 Å². The Morgan fingerprint density at radius 3 is 2.24 bits per heavy atom. The fourth-order valence-corrected chi connectivity index (χ4v) is 1.72. The van der Waals surface area contributed by atoms with E-state index in [1.807, 2.05) is 0 Å². The molecule has 0 atom stereocenters. The van der Waals surface area contributed by atoms with E-state index in [1.165, 1.54) is 54.6 Å². The number of benzene rings is 2. The maximum Gasteiger partial charge on any atom is 0.339 e. The number of hydrogen-bond donors (Lipinski definition) is 3. The van der Waals surface area contributed by atoms with E-state index < -0.39 is 5.97 Å². The van der Waals surface area contributed by atoms with Gasteiger partial charge < -0.3 is 15.3 Å². The normalized spacial score (nSPS) is 10.7. The quantitative estimate of drug-likeness (QED) is 0.592. The number of phenols is 2. The van der Waals surface area contributed by atoms with Crippen molar-refractivity contribution in [2.45, 2.75) is 0 Å². The molecule has 0 aliphatic carbocycles. The highest BCUT2D eigenvalue weighted by molar-refractivity contribution is 6.07. The van der Waals surface area contributed by atoms with E-state index in [-0.39, 0.29) is 22.8 Å². The number of rotatable bonds is 4. The molecule has 0 aliphatic heterocycles. The van der Waals surface area contributed by atoms with Crippen LogP contribution in [-0.2, 0) is 0 Å². The summed E-state index contributed by atoms with van der Waals surface area (Å²) in [6, 6.07) is 9.83. The predicted molar refractivity (Wildman–Crippen MR) is 76.5 cm³/mol. The van der Waals surface area contributed by atoms with Crippen LogP contribution in [0.1, 0.15) is 26.3 Å². The van der Waals surface area contributed by atoms with Crippen LogP contribution >= 0.6 is 0 Å². The van der Waals surface area contributed by atoms with Crippen LogP contribution in [0.15, 0.2) is 48.5 Å². The molecule has 5 nitrogen and oxygen atoms in total. The summed E-state index contributed by atoms with van der Waals surface area (Å²) in [7, 11) is 0. The molecule has 0 spiro atoms.